The average Bonchev–Trinajstić information content (AvgIpc) is 2.96. The van der Waals surface area contributed by atoms with Gasteiger partial charge in [0.05, 0.1) is 0 Å². The fraction of sp³-hybridized carbons (Fsp3) is 0.733. The summed E-state index contributed by atoms with van der Waals surface area (Å²) in [7, 11) is 0. The molecule has 0 aromatic rings. The number of hydrogen-bond donors (Lipinski definition) is 0. The van der Waals surface area contributed by atoms with Crippen molar-refractivity contribution in [1.82, 2.24) is 0 Å². The van der Waals surface area contributed by atoms with Gasteiger partial charge in [-0.05, 0) is 60.7 Å². The molecule has 0 heteroatoms. The van der Waals surface area contributed by atoms with Crippen molar-refractivity contribution in [3.05, 3.63) is 24.3 Å². The van der Waals surface area contributed by atoms with Gasteiger partial charge in [-0.3, -0.25) is 0 Å². The molecule has 4 aliphatic carbocycles. The van der Waals surface area contributed by atoms with Crippen LogP contribution in [0.4, 0.5) is 0 Å². The van der Waals surface area contributed by atoms with Gasteiger partial charge in [0.2, 0.25) is 0 Å². The zero-order valence-electron chi connectivity index (χ0n) is 9.52. The second-order valence-corrected chi connectivity index (χ2v) is 6.58. The number of hydrogen-bond acceptors (Lipinski definition) is 0. The van der Waals surface area contributed by atoms with Gasteiger partial charge >= 0.3 is 0 Å². The third-order valence-electron chi connectivity index (χ3n) is 5.85. The highest BCUT2D eigenvalue weighted by atomic mass is 14.6. The van der Waals surface area contributed by atoms with Crippen LogP contribution in [0.5, 0.6) is 0 Å². The van der Waals surface area contributed by atoms with Gasteiger partial charge in [0.1, 0.15) is 0 Å². The molecular formula is C15H20. The Morgan fingerprint density at radius 2 is 1.80 bits per heavy atom. The zero-order chi connectivity index (χ0) is 10.0. The van der Waals surface area contributed by atoms with Crippen LogP contribution < -0.4 is 0 Å². The molecule has 15 heavy (non-hydrogen) atoms. The molecule has 2 fully saturated rings. The summed E-state index contributed by atoms with van der Waals surface area (Å²) in [6.45, 7) is 2.58. The molecule has 4 bridgehead atoms. The second-order valence-electron chi connectivity index (χ2n) is 6.58. The topological polar surface area (TPSA) is 0 Å². The lowest BCUT2D eigenvalue weighted by atomic mass is 9.64. The van der Waals surface area contributed by atoms with Gasteiger partial charge in [-0.25, -0.2) is 0 Å². The van der Waals surface area contributed by atoms with Crippen molar-refractivity contribution in [3.63, 3.8) is 0 Å². The van der Waals surface area contributed by atoms with E-state index in [1.54, 1.807) is 0 Å². The van der Waals surface area contributed by atoms with E-state index >= 15 is 0 Å². The van der Waals surface area contributed by atoms with Crippen molar-refractivity contribution < 1.29 is 0 Å². The Hall–Kier alpha value is -0.520. The molecule has 0 spiro atoms. The predicted molar refractivity (Wildman–Crippen MR) is 62.3 cm³/mol. The Kier molecular flexibility index (Phi) is 1.49. The van der Waals surface area contributed by atoms with Gasteiger partial charge in [0.15, 0.2) is 0 Å². The van der Waals surface area contributed by atoms with Gasteiger partial charge < -0.3 is 0 Å². The minimum Gasteiger partial charge on any atom is -0.0851 e. The third kappa shape index (κ3) is 0.984. The molecule has 0 N–H and O–H groups in total. The molecule has 6 atom stereocenters. The summed E-state index contributed by atoms with van der Waals surface area (Å²) in [5, 5.41) is 0. The largest absolute Gasteiger partial charge is 0.0851 e. The van der Waals surface area contributed by atoms with Crippen LogP contribution in [0.15, 0.2) is 24.3 Å². The minimum absolute atomic E-state index is 0.656. The molecule has 0 aromatic heterocycles. The van der Waals surface area contributed by atoms with Crippen LogP contribution in [0.3, 0.4) is 0 Å². The maximum absolute atomic E-state index is 2.58. The van der Waals surface area contributed by atoms with Gasteiger partial charge in [0, 0.05) is 0 Å². The molecular weight excluding hydrogens is 180 g/mol. The Bertz CT molecular complexity index is 351. The predicted octanol–water partition coefficient (Wildman–Crippen LogP) is 3.80. The third-order valence-corrected chi connectivity index (χ3v) is 5.85. The van der Waals surface area contributed by atoms with Crippen LogP contribution in [0, 0.1) is 35.0 Å². The summed E-state index contributed by atoms with van der Waals surface area (Å²) in [6.07, 6.45) is 15.9. The number of allylic oxidation sites excluding steroid dienone is 4. The first-order valence-electron chi connectivity index (χ1n) is 6.62. The van der Waals surface area contributed by atoms with E-state index in [1.807, 2.05) is 0 Å². The fourth-order valence-corrected chi connectivity index (χ4v) is 5.10. The SMILES string of the molecule is CC1(C2CC3C=CC2C3)CC2C=CC1C2. The highest BCUT2D eigenvalue weighted by Crippen LogP contribution is 2.62. The molecule has 4 rings (SSSR count). The first-order chi connectivity index (χ1) is 7.25. The van der Waals surface area contributed by atoms with Gasteiger partial charge in [-0.1, -0.05) is 31.2 Å². The Morgan fingerprint density at radius 1 is 0.933 bits per heavy atom. The van der Waals surface area contributed by atoms with Crippen LogP contribution >= 0.6 is 0 Å². The molecule has 0 nitrogen and oxygen atoms in total. The van der Waals surface area contributed by atoms with Gasteiger partial charge in [0.25, 0.3) is 0 Å². The van der Waals surface area contributed by atoms with Crippen molar-refractivity contribution >= 4 is 0 Å². The van der Waals surface area contributed by atoms with Crippen molar-refractivity contribution in [1.29, 1.82) is 0 Å². The number of rotatable bonds is 1. The van der Waals surface area contributed by atoms with E-state index in [-0.39, 0.29) is 0 Å². The summed E-state index contributed by atoms with van der Waals surface area (Å²) in [5.41, 5.74) is 0.656. The fourth-order valence-electron chi connectivity index (χ4n) is 5.10. The van der Waals surface area contributed by atoms with E-state index < -0.39 is 0 Å². The van der Waals surface area contributed by atoms with Gasteiger partial charge in [-0.2, -0.15) is 0 Å². The van der Waals surface area contributed by atoms with Crippen LogP contribution in [0.25, 0.3) is 0 Å². The molecule has 0 aliphatic heterocycles. The molecule has 0 saturated heterocycles. The van der Waals surface area contributed by atoms with Crippen LogP contribution in [0.1, 0.15) is 32.6 Å². The van der Waals surface area contributed by atoms with Crippen molar-refractivity contribution in [2.75, 3.05) is 0 Å². The van der Waals surface area contributed by atoms with E-state index in [1.165, 1.54) is 25.7 Å². The molecule has 80 valence electrons. The Balaban J connectivity index is 1.68. The zero-order valence-corrected chi connectivity index (χ0v) is 9.52. The standard InChI is InChI=1S/C15H20/c1-15(9-11-3-5-13(15)7-11)14-8-10-2-4-12(14)6-10/h2-5,10-14H,6-9H2,1H3. The first kappa shape index (κ1) is 8.61. The van der Waals surface area contributed by atoms with E-state index in [0.29, 0.717) is 5.41 Å². The quantitative estimate of drug-likeness (QED) is 0.565. The lowest BCUT2D eigenvalue weighted by Crippen LogP contribution is -2.34. The minimum atomic E-state index is 0.656. The Labute approximate surface area is 92.4 Å². The summed E-state index contributed by atoms with van der Waals surface area (Å²) in [4.78, 5) is 0. The molecule has 4 aliphatic rings. The van der Waals surface area contributed by atoms with E-state index in [4.69, 9.17) is 0 Å². The van der Waals surface area contributed by atoms with Gasteiger partial charge in [-0.15, -0.1) is 0 Å². The van der Waals surface area contributed by atoms with Crippen LogP contribution in [0.2, 0.25) is 0 Å². The number of fused-ring (bicyclic) bond motifs is 4. The highest BCUT2D eigenvalue weighted by Gasteiger charge is 2.54. The van der Waals surface area contributed by atoms with Crippen LogP contribution in [-0.2, 0) is 0 Å². The molecule has 0 heterocycles. The maximum atomic E-state index is 2.58. The maximum Gasteiger partial charge on any atom is -0.0171 e. The monoisotopic (exact) mass is 200 g/mol. The lowest BCUT2D eigenvalue weighted by Gasteiger charge is -2.41. The normalized spacial score (nSPS) is 59.7. The first-order valence-corrected chi connectivity index (χ1v) is 6.62. The smallest absolute Gasteiger partial charge is 0.0171 e. The summed E-state index contributed by atoms with van der Waals surface area (Å²) < 4.78 is 0. The van der Waals surface area contributed by atoms with E-state index in [9.17, 15) is 0 Å². The molecule has 2 saturated carbocycles. The van der Waals surface area contributed by atoms with Crippen molar-refractivity contribution in [2.24, 2.45) is 35.0 Å². The van der Waals surface area contributed by atoms with E-state index in [0.717, 1.165) is 29.6 Å². The molecule has 0 amide bonds. The molecule has 0 radical (unpaired) electrons. The summed E-state index contributed by atoms with van der Waals surface area (Å²) >= 11 is 0. The average molecular weight is 200 g/mol. The molecule has 0 aromatic carbocycles. The van der Waals surface area contributed by atoms with Crippen LogP contribution in [-0.4, -0.2) is 0 Å². The van der Waals surface area contributed by atoms with Crippen molar-refractivity contribution in [2.45, 2.75) is 32.6 Å². The lowest BCUT2D eigenvalue weighted by molar-refractivity contribution is 0.119. The molecule has 6 unspecified atom stereocenters. The Morgan fingerprint density at radius 3 is 2.33 bits per heavy atom. The van der Waals surface area contributed by atoms with E-state index in [2.05, 4.69) is 31.2 Å². The summed E-state index contributed by atoms with van der Waals surface area (Å²) in [5.74, 6) is 4.74. The highest BCUT2D eigenvalue weighted by molar-refractivity contribution is 5.21. The summed E-state index contributed by atoms with van der Waals surface area (Å²) in [6, 6.07) is 0. The second kappa shape index (κ2) is 2.59. The van der Waals surface area contributed by atoms with Crippen molar-refractivity contribution in [3.8, 4) is 0 Å².